The number of pyridine rings is 1. The number of hydrogen-bond acceptors (Lipinski definition) is 1. The van der Waals surface area contributed by atoms with Crippen LogP contribution in [0.4, 0.5) is 13.2 Å². The van der Waals surface area contributed by atoms with Crippen LogP contribution in [-0.2, 0) is 12.8 Å². The molecule has 4 heteroatoms. The third kappa shape index (κ3) is 5.71. The van der Waals surface area contributed by atoms with Gasteiger partial charge >= 0.3 is 6.18 Å². The number of hydrogen-bond donors (Lipinski definition) is 0. The van der Waals surface area contributed by atoms with Crippen LogP contribution in [0.3, 0.4) is 0 Å². The maximum absolute atomic E-state index is 12.1. The van der Waals surface area contributed by atoms with Crippen molar-refractivity contribution in [3.05, 3.63) is 29.6 Å². The van der Waals surface area contributed by atoms with Crippen LogP contribution in [0.5, 0.6) is 0 Å². The van der Waals surface area contributed by atoms with Crippen LogP contribution < -0.4 is 0 Å². The standard InChI is InChI=1S/C13H18F3N/c1-3-4-10(2)7-11-5-6-12(17-9-11)8-13(14,15)16/h5-6,9-10H,3-4,7-8H2,1-2H3. The van der Waals surface area contributed by atoms with E-state index in [1.807, 2.05) is 0 Å². The predicted molar refractivity (Wildman–Crippen MR) is 61.8 cm³/mol. The number of nitrogens with zero attached hydrogens (tertiary/aromatic N) is 1. The lowest BCUT2D eigenvalue weighted by Crippen LogP contribution is -2.12. The van der Waals surface area contributed by atoms with E-state index in [-0.39, 0.29) is 5.69 Å². The summed E-state index contributed by atoms with van der Waals surface area (Å²) in [6, 6.07) is 3.22. The van der Waals surface area contributed by atoms with Gasteiger partial charge in [0.05, 0.1) is 6.42 Å². The van der Waals surface area contributed by atoms with Crippen molar-refractivity contribution in [3.8, 4) is 0 Å². The lowest BCUT2D eigenvalue weighted by atomic mass is 9.98. The van der Waals surface area contributed by atoms with Crippen LogP contribution >= 0.6 is 0 Å². The molecule has 17 heavy (non-hydrogen) atoms. The summed E-state index contributed by atoms with van der Waals surface area (Å²) in [6.07, 6.45) is -0.423. The Labute approximate surface area is 100 Å². The van der Waals surface area contributed by atoms with E-state index in [2.05, 4.69) is 18.8 Å². The molecule has 0 aliphatic heterocycles. The fraction of sp³-hybridized carbons (Fsp3) is 0.615. The van der Waals surface area contributed by atoms with Crippen molar-refractivity contribution in [2.45, 2.75) is 45.7 Å². The van der Waals surface area contributed by atoms with Crippen LogP contribution in [0.25, 0.3) is 0 Å². The van der Waals surface area contributed by atoms with Gasteiger partial charge in [0.2, 0.25) is 0 Å². The summed E-state index contributed by atoms with van der Waals surface area (Å²) in [6.45, 7) is 4.27. The van der Waals surface area contributed by atoms with E-state index in [1.165, 1.54) is 6.07 Å². The third-order valence-electron chi connectivity index (χ3n) is 2.63. The summed E-state index contributed by atoms with van der Waals surface area (Å²) in [4.78, 5) is 3.86. The van der Waals surface area contributed by atoms with E-state index in [0.717, 1.165) is 24.8 Å². The van der Waals surface area contributed by atoms with Gasteiger partial charge in [0.15, 0.2) is 0 Å². The first kappa shape index (κ1) is 14.0. The van der Waals surface area contributed by atoms with Crippen LogP contribution in [0.2, 0.25) is 0 Å². The summed E-state index contributed by atoms with van der Waals surface area (Å²) < 4.78 is 36.3. The normalized spacial score (nSPS) is 13.7. The van der Waals surface area contributed by atoms with Crippen molar-refractivity contribution >= 4 is 0 Å². The molecule has 1 aromatic rings. The molecule has 0 aliphatic carbocycles. The van der Waals surface area contributed by atoms with E-state index in [9.17, 15) is 13.2 Å². The molecule has 0 bridgehead atoms. The zero-order chi connectivity index (χ0) is 12.9. The fourth-order valence-corrected chi connectivity index (χ4v) is 1.88. The molecule has 1 nitrogen and oxygen atoms in total. The molecule has 0 spiro atoms. The van der Waals surface area contributed by atoms with E-state index in [1.54, 1.807) is 12.3 Å². The summed E-state index contributed by atoms with van der Waals surface area (Å²) in [7, 11) is 0. The first-order valence-corrected chi connectivity index (χ1v) is 5.91. The highest BCUT2D eigenvalue weighted by atomic mass is 19.4. The number of alkyl halides is 3. The minimum absolute atomic E-state index is 0.0874. The maximum atomic E-state index is 12.1. The summed E-state index contributed by atoms with van der Waals surface area (Å²) in [5, 5.41) is 0. The van der Waals surface area contributed by atoms with E-state index < -0.39 is 12.6 Å². The molecule has 0 saturated carbocycles. The minimum atomic E-state index is -4.18. The molecule has 0 aliphatic rings. The number of halogens is 3. The van der Waals surface area contributed by atoms with Crippen LogP contribution in [-0.4, -0.2) is 11.2 Å². The van der Waals surface area contributed by atoms with Gasteiger partial charge in [-0.15, -0.1) is 0 Å². The summed E-state index contributed by atoms with van der Waals surface area (Å²) >= 11 is 0. The maximum Gasteiger partial charge on any atom is 0.394 e. The average Bonchev–Trinajstić information content (AvgIpc) is 2.19. The third-order valence-corrected chi connectivity index (χ3v) is 2.63. The second-order valence-electron chi connectivity index (χ2n) is 4.55. The number of aromatic nitrogens is 1. The van der Waals surface area contributed by atoms with Gasteiger partial charge < -0.3 is 0 Å². The van der Waals surface area contributed by atoms with Crippen molar-refractivity contribution in [1.82, 2.24) is 4.98 Å². The Balaban J connectivity index is 2.56. The molecule has 0 amide bonds. The fourth-order valence-electron chi connectivity index (χ4n) is 1.88. The highest BCUT2D eigenvalue weighted by Crippen LogP contribution is 2.20. The predicted octanol–water partition coefficient (Wildman–Crippen LogP) is 4.17. The van der Waals surface area contributed by atoms with Gasteiger partial charge in [-0.25, -0.2) is 0 Å². The molecule has 1 heterocycles. The van der Waals surface area contributed by atoms with Gasteiger partial charge in [-0.05, 0) is 24.0 Å². The zero-order valence-electron chi connectivity index (χ0n) is 10.2. The average molecular weight is 245 g/mol. The second kappa shape index (κ2) is 6.03. The van der Waals surface area contributed by atoms with Crippen LogP contribution in [0.15, 0.2) is 18.3 Å². The van der Waals surface area contributed by atoms with Crippen molar-refractivity contribution in [2.24, 2.45) is 5.92 Å². The highest BCUT2D eigenvalue weighted by molar-refractivity contribution is 5.15. The van der Waals surface area contributed by atoms with E-state index in [4.69, 9.17) is 0 Å². The molecular weight excluding hydrogens is 227 g/mol. The van der Waals surface area contributed by atoms with Crippen molar-refractivity contribution in [1.29, 1.82) is 0 Å². The Morgan fingerprint density at radius 3 is 2.47 bits per heavy atom. The topological polar surface area (TPSA) is 12.9 Å². The minimum Gasteiger partial charge on any atom is -0.261 e. The molecule has 96 valence electrons. The van der Waals surface area contributed by atoms with Crippen molar-refractivity contribution in [3.63, 3.8) is 0 Å². The SMILES string of the molecule is CCCC(C)Cc1ccc(CC(F)(F)F)nc1. The molecule has 0 radical (unpaired) electrons. The Hall–Kier alpha value is -1.06. The first-order valence-electron chi connectivity index (χ1n) is 5.91. The Bertz CT molecular complexity index is 330. The molecular formula is C13H18F3N. The molecule has 0 aromatic carbocycles. The van der Waals surface area contributed by atoms with Crippen molar-refractivity contribution < 1.29 is 13.2 Å². The molecule has 1 aromatic heterocycles. The van der Waals surface area contributed by atoms with Gasteiger partial charge in [-0.3, -0.25) is 4.98 Å². The van der Waals surface area contributed by atoms with E-state index >= 15 is 0 Å². The van der Waals surface area contributed by atoms with Gasteiger partial charge in [0.1, 0.15) is 0 Å². The number of rotatable bonds is 5. The second-order valence-corrected chi connectivity index (χ2v) is 4.55. The largest absolute Gasteiger partial charge is 0.394 e. The van der Waals surface area contributed by atoms with Gasteiger partial charge in [-0.2, -0.15) is 13.2 Å². The zero-order valence-corrected chi connectivity index (χ0v) is 10.2. The molecule has 0 saturated heterocycles. The Morgan fingerprint density at radius 1 is 1.29 bits per heavy atom. The Kier molecular flexibility index (Phi) is 4.97. The lowest BCUT2D eigenvalue weighted by Gasteiger charge is -2.10. The summed E-state index contributed by atoms with van der Waals surface area (Å²) in [5.41, 5.74) is 1.10. The molecule has 1 rings (SSSR count). The molecule has 0 N–H and O–H groups in total. The highest BCUT2D eigenvalue weighted by Gasteiger charge is 2.28. The van der Waals surface area contributed by atoms with Gasteiger partial charge in [0.25, 0.3) is 0 Å². The van der Waals surface area contributed by atoms with Gasteiger partial charge in [-0.1, -0.05) is 32.8 Å². The quantitative estimate of drug-likeness (QED) is 0.758. The summed E-state index contributed by atoms with van der Waals surface area (Å²) in [5.74, 6) is 0.551. The molecule has 1 unspecified atom stereocenters. The van der Waals surface area contributed by atoms with Crippen LogP contribution in [0.1, 0.15) is 37.9 Å². The van der Waals surface area contributed by atoms with Crippen molar-refractivity contribution in [2.75, 3.05) is 0 Å². The first-order chi connectivity index (χ1) is 7.90. The van der Waals surface area contributed by atoms with Crippen LogP contribution in [0, 0.1) is 5.92 Å². The monoisotopic (exact) mass is 245 g/mol. The Morgan fingerprint density at radius 2 is 2.00 bits per heavy atom. The molecule has 1 atom stereocenters. The van der Waals surface area contributed by atoms with Gasteiger partial charge in [0, 0.05) is 11.9 Å². The lowest BCUT2D eigenvalue weighted by molar-refractivity contribution is -0.127. The van der Waals surface area contributed by atoms with E-state index in [0.29, 0.717) is 5.92 Å². The molecule has 0 fully saturated rings. The smallest absolute Gasteiger partial charge is 0.261 e.